The van der Waals surface area contributed by atoms with Crippen molar-refractivity contribution < 1.29 is 4.42 Å². The van der Waals surface area contributed by atoms with Crippen LogP contribution in [0, 0.1) is 0 Å². The Bertz CT molecular complexity index is 495. The minimum Gasteiger partial charge on any atom is -0.468 e. The molecule has 1 N–H and O–H groups in total. The summed E-state index contributed by atoms with van der Waals surface area (Å²) in [6.07, 6.45) is 1.76. The Morgan fingerprint density at radius 3 is 2.94 bits per heavy atom. The maximum absolute atomic E-state index is 5.47. The molecule has 2 aromatic heterocycles. The number of nitrogens with one attached hydrogen (secondary N) is 1. The first-order valence-electron chi connectivity index (χ1n) is 5.80. The monoisotopic (exact) mass is 328 g/mol. The number of rotatable bonds is 6. The van der Waals surface area contributed by atoms with Gasteiger partial charge in [-0.2, -0.15) is 0 Å². The fraction of sp³-hybridized carbons (Fsp3) is 0.385. The third-order valence-corrected chi connectivity index (χ3v) is 4.24. The molecule has 0 bridgehead atoms. The van der Waals surface area contributed by atoms with Crippen molar-refractivity contribution in [2.75, 3.05) is 14.1 Å². The number of nitrogens with zero attached hydrogens (tertiary/aromatic N) is 1. The van der Waals surface area contributed by atoms with Crippen LogP contribution < -0.4 is 5.32 Å². The lowest BCUT2D eigenvalue weighted by atomic mass is 10.2. The van der Waals surface area contributed by atoms with Crippen LogP contribution in [0.3, 0.4) is 0 Å². The topological polar surface area (TPSA) is 28.4 Å². The SMILES string of the molecule is CNCc1occc1CN(C)Cc1csc(Br)c1. The first-order chi connectivity index (χ1) is 8.69. The van der Waals surface area contributed by atoms with Crippen LogP contribution >= 0.6 is 27.3 Å². The van der Waals surface area contributed by atoms with E-state index >= 15 is 0 Å². The zero-order chi connectivity index (χ0) is 13.0. The molecule has 98 valence electrons. The Kier molecular flexibility index (Phi) is 5.00. The van der Waals surface area contributed by atoms with E-state index in [2.05, 4.69) is 44.6 Å². The molecular weight excluding hydrogens is 312 g/mol. The normalized spacial score (nSPS) is 11.3. The van der Waals surface area contributed by atoms with Crippen LogP contribution in [0.2, 0.25) is 0 Å². The lowest BCUT2D eigenvalue weighted by Gasteiger charge is -2.15. The van der Waals surface area contributed by atoms with Gasteiger partial charge in [0.1, 0.15) is 5.76 Å². The predicted octanol–water partition coefficient (Wildman–Crippen LogP) is 3.46. The molecule has 18 heavy (non-hydrogen) atoms. The van der Waals surface area contributed by atoms with E-state index in [-0.39, 0.29) is 0 Å². The van der Waals surface area contributed by atoms with Gasteiger partial charge in [0.05, 0.1) is 16.6 Å². The lowest BCUT2D eigenvalue weighted by molar-refractivity contribution is 0.315. The molecule has 0 atom stereocenters. The van der Waals surface area contributed by atoms with Crippen molar-refractivity contribution in [3.05, 3.63) is 44.4 Å². The average Bonchev–Trinajstić information content (AvgIpc) is 2.90. The fourth-order valence-corrected chi connectivity index (χ4v) is 3.11. The van der Waals surface area contributed by atoms with Crippen LogP contribution in [-0.2, 0) is 19.6 Å². The molecule has 0 unspecified atom stereocenters. The van der Waals surface area contributed by atoms with E-state index in [9.17, 15) is 0 Å². The van der Waals surface area contributed by atoms with Gasteiger partial charge in [-0.05, 0) is 53.1 Å². The van der Waals surface area contributed by atoms with Crippen molar-refractivity contribution in [3.63, 3.8) is 0 Å². The lowest BCUT2D eigenvalue weighted by Crippen LogP contribution is -2.18. The summed E-state index contributed by atoms with van der Waals surface area (Å²) in [5.74, 6) is 1.02. The molecule has 0 aliphatic heterocycles. The second-order valence-corrected chi connectivity index (χ2v) is 6.62. The van der Waals surface area contributed by atoms with E-state index in [1.165, 1.54) is 14.9 Å². The Labute approximate surface area is 120 Å². The summed E-state index contributed by atoms with van der Waals surface area (Å²) in [4.78, 5) is 2.29. The molecular formula is C13H17BrN2OS. The summed E-state index contributed by atoms with van der Waals surface area (Å²) in [6.45, 7) is 2.63. The van der Waals surface area contributed by atoms with Gasteiger partial charge in [0.15, 0.2) is 0 Å². The summed E-state index contributed by atoms with van der Waals surface area (Å²) in [7, 11) is 4.06. The molecule has 0 amide bonds. The molecule has 2 rings (SSSR count). The Hall–Kier alpha value is -0.620. The second kappa shape index (κ2) is 6.52. The van der Waals surface area contributed by atoms with E-state index in [4.69, 9.17) is 4.42 Å². The largest absolute Gasteiger partial charge is 0.468 e. The van der Waals surface area contributed by atoms with Crippen molar-refractivity contribution in [2.45, 2.75) is 19.6 Å². The second-order valence-electron chi connectivity index (χ2n) is 4.33. The van der Waals surface area contributed by atoms with Gasteiger partial charge >= 0.3 is 0 Å². The van der Waals surface area contributed by atoms with Gasteiger partial charge in [0, 0.05) is 18.7 Å². The van der Waals surface area contributed by atoms with E-state index in [0.717, 1.165) is 25.4 Å². The summed E-state index contributed by atoms with van der Waals surface area (Å²) in [5, 5.41) is 5.30. The van der Waals surface area contributed by atoms with E-state index in [1.54, 1.807) is 17.6 Å². The number of halogens is 1. The molecule has 2 aromatic rings. The summed E-state index contributed by atoms with van der Waals surface area (Å²) in [5.41, 5.74) is 2.59. The van der Waals surface area contributed by atoms with Crippen LogP contribution in [0.4, 0.5) is 0 Å². The quantitative estimate of drug-likeness (QED) is 0.880. The fourth-order valence-electron chi connectivity index (χ4n) is 1.91. The molecule has 0 aliphatic rings. The molecule has 0 saturated carbocycles. The van der Waals surface area contributed by atoms with Gasteiger partial charge in [-0.25, -0.2) is 0 Å². The Morgan fingerprint density at radius 1 is 1.44 bits per heavy atom. The van der Waals surface area contributed by atoms with Crippen LogP contribution in [0.25, 0.3) is 0 Å². The van der Waals surface area contributed by atoms with Crippen molar-refractivity contribution in [3.8, 4) is 0 Å². The first-order valence-corrected chi connectivity index (χ1v) is 7.47. The molecule has 0 spiro atoms. The highest BCUT2D eigenvalue weighted by molar-refractivity contribution is 9.11. The van der Waals surface area contributed by atoms with Crippen molar-refractivity contribution >= 4 is 27.3 Å². The third kappa shape index (κ3) is 3.68. The molecule has 0 fully saturated rings. The molecule has 0 aromatic carbocycles. The summed E-state index contributed by atoms with van der Waals surface area (Å²) in [6, 6.07) is 4.22. The minimum atomic E-state index is 0.778. The summed E-state index contributed by atoms with van der Waals surface area (Å²) < 4.78 is 6.65. The number of furan rings is 1. The molecule has 5 heteroatoms. The predicted molar refractivity (Wildman–Crippen MR) is 78.7 cm³/mol. The van der Waals surface area contributed by atoms with Gasteiger partial charge in [0.2, 0.25) is 0 Å². The first kappa shape index (κ1) is 13.8. The highest BCUT2D eigenvalue weighted by Gasteiger charge is 2.09. The molecule has 0 radical (unpaired) electrons. The smallest absolute Gasteiger partial charge is 0.122 e. The van der Waals surface area contributed by atoms with Crippen molar-refractivity contribution in [2.24, 2.45) is 0 Å². The van der Waals surface area contributed by atoms with E-state index in [1.807, 2.05) is 13.1 Å². The van der Waals surface area contributed by atoms with Gasteiger partial charge in [-0.15, -0.1) is 11.3 Å². The molecule has 0 saturated heterocycles. The van der Waals surface area contributed by atoms with Crippen molar-refractivity contribution in [1.29, 1.82) is 0 Å². The molecule has 0 aliphatic carbocycles. The third-order valence-electron chi connectivity index (χ3n) is 2.69. The van der Waals surface area contributed by atoms with Gasteiger partial charge in [-0.1, -0.05) is 0 Å². The van der Waals surface area contributed by atoms with E-state index in [0.29, 0.717) is 0 Å². The number of thiophene rings is 1. The van der Waals surface area contributed by atoms with Crippen LogP contribution in [-0.4, -0.2) is 19.0 Å². The minimum absolute atomic E-state index is 0.778. The highest BCUT2D eigenvalue weighted by atomic mass is 79.9. The van der Waals surface area contributed by atoms with Crippen molar-refractivity contribution in [1.82, 2.24) is 10.2 Å². The Morgan fingerprint density at radius 2 is 2.28 bits per heavy atom. The average molecular weight is 329 g/mol. The van der Waals surface area contributed by atoms with Crippen LogP contribution in [0.1, 0.15) is 16.9 Å². The van der Waals surface area contributed by atoms with Gasteiger partial charge in [0.25, 0.3) is 0 Å². The molecule has 2 heterocycles. The number of hydrogen-bond acceptors (Lipinski definition) is 4. The van der Waals surface area contributed by atoms with Gasteiger partial charge in [-0.3, -0.25) is 4.90 Å². The molecule has 3 nitrogen and oxygen atoms in total. The van der Waals surface area contributed by atoms with Gasteiger partial charge < -0.3 is 9.73 Å². The zero-order valence-electron chi connectivity index (χ0n) is 10.6. The number of hydrogen-bond donors (Lipinski definition) is 1. The van der Waals surface area contributed by atoms with Crippen LogP contribution in [0.5, 0.6) is 0 Å². The van der Waals surface area contributed by atoms with Crippen LogP contribution in [0.15, 0.2) is 32.0 Å². The summed E-state index contributed by atoms with van der Waals surface area (Å²) >= 11 is 5.22. The highest BCUT2D eigenvalue weighted by Crippen LogP contribution is 2.22. The standard InChI is InChI=1S/C13H17BrN2OS/c1-15-6-12-11(3-4-17-12)8-16(2)7-10-5-13(14)18-9-10/h3-5,9,15H,6-8H2,1-2H3. The van der Waals surface area contributed by atoms with E-state index < -0.39 is 0 Å². The Balaban J connectivity index is 1.94. The maximum atomic E-state index is 5.47. The zero-order valence-corrected chi connectivity index (χ0v) is 13.0. The maximum Gasteiger partial charge on any atom is 0.122 e.